The molecule has 2 rings (SSSR count). The molecular formula is C19H21ClN2O2. The SMILES string of the molecule is CCCc1ccc(C(C)=NNC(=O)COc2ccc(Cl)cc2)cc1. The van der Waals surface area contributed by atoms with E-state index in [1.54, 1.807) is 24.3 Å². The van der Waals surface area contributed by atoms with E-state index in [9.17, 15) is 4.79 Å². The van der Waals surface area contributed by atoms with Crippen molar-refractivity contribution in [3.05, 3.63) is 64.7 Å². The Hall–Kier alpha value is -2.33. The maximum atomic E-state index is 11.8. The van der Waals surface area contributed by atoms with Gasteiger partial charge in [0.1, 0.15) is 5.75 Å². The van der Waals surface area contributed by atoms with Crippen LogP contribution in [0.1, 0.15) is 31.4 Å². The van der Waals surface area contributed by atoms with Gasteiger partial charge in [-0.05, 0) is 48.7 Å². The Kier molecular flexibility index (Phi) is 6.82. The van der Waals surface area contributed by atoms with Gasteiger partial charge in [-0.2, -0.15) is 5.10 Å². The first-order chi connectivity index (χ1) is 11.6. The summed E-state index contributed by atoms with van der Waals surface area (Å²) < 4.78 is 5.36. The van der Waals surface area contributed by atoms with Gasteiger partial charge in [0.15, 0.2) is 6.61 Å². The average molecular weight is 345 g/mol. The summed E-state index contributed by atoms with van der Waals surface area (Å²) in [6.45, 7) is 3.91. The fourth-order valence-corrected chi connectivity index (χ4v) is 2.25. The lowest BCUT2D eigenvalue weighted by atomic mass is 10.1. The van der Waals surface area contributed by atoms with Gasteiger partial charge in [0.25, 0.3) is 5.91 Å². The fourth-order valence-electron chi connectivity index (χ4n) is 2.12. The molecule has 4 nitrogen and oxygen atoms in total. The summed E-state index contributed by atoms with van der Waals surface area (Å²) in [6.07, 6.45) is 2.19. The fraction of sp³-hybridized carbons (Fsp3) is 0.263. The van der Waals surface area contributed by atoms with E-state index in [4.69, 9.17) is 16.3 Å². The Balaban J connectivity index is 1.84. The monoisotopic (exact) mass is 344 g/mol. The summed E-state index contributed by atoms with van der Waals surface area (Å²) in [5.41, 5.74) is 5.53. The van der Waals surface area contributed by atoms with E-state index in [1.807, 2.05) is 19.1 Å². The summed E-state index contributed by atoms with van der Waals surface area (Å²) in [6, 6.07) is 15.0. The zero-order valence-corrected chi connectivity index (χ0v) is 14.6. The largest absolute Gasteiger partial charge is 0.484 e. The lowest BCUT2D eigenvalue weighted by molar-refractivity contribution is -0.123. The average Bonchev–Trinajstić information content (AvgIpc) is 2.60. The molecule has 0 saturated carbocycles. The van der Waals surface area contributed by atoms with Crippen LogP contribution in [-0.2, 0) is 11.2 Å². The predicted octanol–water partition coefficient (Wildman–Crippen LogP) is 4.21. The van der Waals surface area contributed by atoms with Crippen molar-refractivity contribution in [1.29, 1.82) is 0 Å². The van der Waals surface area contributed by atoms with E-state index in [-0.39, 0.29) is 12.5 Å². The third-order valence-corrected chi connectivity index (χ3v) is 3.69. The molecule has 0 aliphatic heterocycles. The molecule has 0 radical (unpaired) electrons. The molecule has 0 atom stereocenters. The Morgan fingerprint density at radius 1 is 1.12 bits per heavy atom. The first-order valence-corrected chi connectivity index (χ1v) is 8.27. The third-order valence-electron chi connectivity index (χ3n) is 3.44. The minimum Gasteiger partial charge on any atom is -0.484 e. The number of rotatable bonds is 7. The number of aryl methyl sites for hydroxylation is 1. The third kappa shape index (κ3) is 5.70. The number of ether oxygens (including phenoxy) is 1. The van der Waals surface area contributed by atoms with Crippen molar-refractivity contribution in [1.82, 2.24) is 5.43 Å². The van der Waals surface area contributed by atoms with Crippen LogP contribution in [0.25, 0.3) is 0 Å². The van der Waals surface area contributed by atoms with E-state index in [2.05, 4.69) is 29.6 Å². The Morgan fingerprint density at radius 3 is 2.42 bits per heavy atom. The second-order valence-electron chi connectivity index (χ2n) is 5.42. The van der Waals surface area contributed by atoms with Crippen LogP contribution in [0.2, 0.25) is 5.02 Å². The zero-order chi connectivity index (χ0) is 17.4. The lowest BCUT2D eigenvalue weighted by Crippen LogP contribution is -2.25. The smallest absolute Gasteiger partial charge is 0.277 e. The second kappa shape index (κ2) is 9.08. The number of amides is 1. The van der Waals surface area contributed by atoms with Gasteiger partial charge in [-0.15, -0.1) is 0 Å². The van der Waals surface area contributed by atoms with Gasteiger partial charge in [0, 0.05) is 5.02 Å². The van der Waals surface area contributed by atoms with Crippen LogP contribution in [0.15, 0.2) is 53.6 Å². The standard InChI is InChI=1S/C19H21ClN2O2/c1-3-4-15-5-7-16(8-6-15)14(2)21-22-19(23)13-24-18-11-9-17(20)10-12-18/h5-12H,3-4,13H2,1-2H3,(H,22,23). The van der Waals surface area contributed by atoms with Gasteiger partial charge in [-0.25, -0.2) is 5.43 Å². The number of halogens is 1. The highest BCUT2D eigenvalue weighted by Crippen LogP contribution is 2.15. The number of nitrogens with zero attached hydrogens (tertiary/aromatic N) is 1. The summed E-state index contributed by atoms with van der Waals surface area (Å²) in [4.78, 5) is 11.8. The molecule has 0 saturated heterocycles. The van der Waals surface area contributed by atoms with Crippen molar-refractivity contribution in [3.8, 4) is 5.75 Å². The van der Waals surface area contributed by atoms with Crippen LogP contribution in [0.4, 0.5) is 0 Å². The first kappa shape index (κ1) is 18.0. The number of carbonyl (C=O) groups excluding carboxylic acids is 1. The first-order valence-electron chi connectivity index (χ1n) is 7.89. The molecule has 2 aromatic rings. The van der Waals surface area contributed by atoms with Crippen molar-refractivity contribution < 1.29 is 9.53 Å². The highest BCUT2D eigenvalue weighted by atomic mass is 35.5. The molecule has 2 aromatic carbocycles. The molecule has 0 fully saturated rings. The van der Waals surface area contributed by atoms with Crippen LogP contribution in [0, 0.1) is 0 Å². The van der Waals surface area contributed by atoms with E-state index >= 15 is 0 Å². The molecule has 5 heteroatoms. The number of carbonyl (C=O) groups is 1. The van der Waals surface area contributed by atoms with Gasteiger partial charge in [0.2, 0.25) is 0 Å². The van der Waals surface area contributed by atoms with Crippen LogP contribution >= 0.6 is 11.6 Å². The van der Waals surface area contributed by atoms with Crippen LogP contribution < -0.4 is 10.2 Å². The Morgan fingerprint density at radius 2 is 1.79 bits per heavy atom. The van der Waals surface area contributed by atoms with E-state index < -0.39 is 0 Å². The molecule has 0 aromatic heterocycles. The van der Waals surface area contributed by atoms with Gasteiger partial charge in [-0.3, -0.25) is 4.79 Å². The van der Waals surface area contributed by atoms with Gasteiger partial charge in [0.05, 0.1) is 5.71 Å². The highest BCUT2D eigenvalue weighted by Gasteiger charge is 2.03. The maximum Gasteiger partial charge on any atom is 0.277 e. The summed E-state index contributed by atoms with van der Waals surface area (Å²) in [5.74, 6) is 0.272. The highest BCUT2D eigenvalue weighted by molar-refractivity contribution is 6.30. The number of nitrogens with one attached hydrogen (secondary N) is 1. The van der Waals surface area contributed by atoms with Gasteiger partial charge < -0.3 is 4.74 Å². The lowest BCUT2D eigenvalue weighted by Gasteiger charge is -2.06. The Labute approximate surface area is 147 Å². The molecule has 24 heavy (non-hydrogen) atoms. The molecule has 0 spiro atoms. The summed E-state index contributed by atoms with van der Waals surface area (Å²) in [7, 11) is 0. The van der Waals surface area contributed by atoms with Gasteiger partial charge in [-0.1, -0.05) is 49.2 Å². The predicted molar refractivity (Wildman–Crippen MR) is 97.7 cm³/mol. The normalized spacial score (nSPS) is 11.2. The molecular weight excluding hydrogens is 324 g/mol. The van der Waals surface area contributed by atoms with Crippen LogP contribution in [0.5, 0.6) is 5.75 Å². The molecule has 0 aliphatic rings. The van der Waals surface area contributed by atoms with Crippen LogP contribution in [0.3, 0.4) is 0 Å². The van der Waals surface area contributed by atoms with Crippen molar-refractivity contribution >= 4 is 23.2 Å². The van der Waals surface area contributed by atoms with Crippen molar-refractivity contribution in [2.24, 2.45) is 5.10 Å². The minimum atomic E-state index is -0.313. The molecule has 0 bridgehead atoms. The molecule has 0 aliphatic carbocycles. The molecule has 1 amide bonds. The van der Waals surface area contributed by atoms with E-state index in [0.717, 1.165) is 24.1 Å². The minimum absolute atomic E-state index is 0.103. The van der Waals surface area contributed by atoms with Gasteiger partial charge >= 0.3 is 0 Å². The number of benzene rings is 2. The van der Waals surface area contributed by atoms with Crippen molar-refractivity contribution in [2.75, 3.05) is 6.61 Å². The van der Waals surface area contributed by atoms with E-state index in [1.165, 1.54) is 5.56 Å². The zero-order valence-electron chi connectivity index (χ0n) is 13.9. The maximum absolute atomic E-state index is 11.8. The van der Waals surface area contributed by atoms with Crippen molar-refractivity contribution in [3.63, 3.8) is 0 Å². The molecule has 0 unspecified atom stereocenters. The van der Waals surface area contributed by atoms with E-state index in [0.29, 0.717) is 10.8 Å². The number of hydrazone groups is 1. The summed E-state index contributed by atoms with van der Waals surface area (Å²) in [5, 5.41) is 4.73. The summed E-state index contributed by atoms with van der Waals surface area (Å²) >= 11 is 5.79. The molecule has 126 valence electrons. The second-order valence-corrected chi connectivity index (χ2v) is 5.86. The van der Waals surface area contributed by atoms with Crippen molar-refractivity contribution in [2.45, 2.75) is 26.7 Å². The quantitative estimate of drug-likeness (QED) is 0.604. The number of hydrogen-bond donors (Lipinski definition) is 1. The topological polar surface area (TPSA) is 50.7 Å². The molecule has 1 N–H and O–H groups in total. The van der Waals surface area contributed by atoms with Crippen LogP contribution in [-0.4, -0.2) is 18.2 Å². The molecule has 0 heterocycles. The number of hydrogen-bond acceptors (Lipinski definition) is 3. The Bertz CT molecular complexity index is 694.